The molecule has 0 saturated carbocycles. The maximum Gasteiger partial charge on any atom is 0.287 e. The molecule has 1 aromatic heterocycles. The third-order valence-electron chi connectivity index (χ3n) is 4.22. The molecule has 20 heavy (non-hydrogen) atoms. The van der Waals surface area contributed by atoms with Crippen LogP contribution in [0.15, 0.2) is 34.6 Å². The Morgan fingerprint density at radius 1 is 1.45 bits per heavy atom. The lowest BCUT2D eigenvalue weighted by molar-refractivity contribution is -0.122. The molecule has 5 heteroatoms. The molecule has 1 aliphatic carbocycles. The maximum absolute atomic E-state index is 12.0. The van der Waals surface area contributed by atoms with Crippen LogP contribution in [-0.2, 0) is 4.79 Å². The first-order valence-electron chi connectivity index (χ1n) is 7.02. The summed E-state index contributed by atoms with van der Waals surface area (Å²) in [4.78, 5) is 23.5. The van der Waals surface area contributed by atoms with Gasteiger partial charge in [-0.05, 0) is 37.8 Å². The predicted molar refractivity (Wildman–Crippen MR) is 72.8 cm³/mol. The van der Waals surface area contributed by atoms with Crippen LogP contribution >= 0.6 is 0 Å². The van der Waals surface area contributed by atoms with Crippen molar-refractivity contribution in [2.24, 2.45) is 5.41 Å². The number of carbonyl (C=O) groups excluding carboxylic acids is 2. The minimum absolute atomic E-state index is 0.0751. The van der Waals surface area contributed by atoms with E-state index in [1.54, 1.807) is 12.1 Å². The number of rotatable bonds is 3. The van der Waals surface area contributed by atoms with E-state index in [0.717, 1.165) is 31.4 Å². The molecule has 1 saturated heterocycles. The average molecular weight is 274 g/mol. The van der Waals surface area contributed by atoms with Crippen molar-refractivity contribution in [2.45, 2.75) is 32.1 Å². The molecule has 0 bridgehead atoms. The molecule has 1 aromatic rings. The minimum Gasteiger partial charge on any atom is -0.459 e. The van der Waals surface area contributed by atoms with Gasteiger partial charge in [0.25, 0.3) is 5.91 Å². The largest absolute Gasteiger partial charge is 0.459 e. The third kappa shape index (κ3) is 2.35. The molecule has 2 heterocycles. The molecule has 106 valence electrons. The molecule has 2 N–H and O–H groups in total. The van der Waals surface area contributed by atoms with Crippen molar-refractivity contribution in [1.82, 2.24) is 10.6 Å². The fraction of sp³-hybridized carbons (Fsp3) is 0.467. The summed E-state index contributed by atoms with van der Waals surface area (Å²) in [7, 11) is 0. The Labute approximate surface area is 117 Å². The second kappa shape index (κ2) is 5.15. The first kappa shape index (κ1) is 13.0. The lowest BCUT2D eigenvalue weighted by Gasteiger charge is -2.42. The average Bonchev–Trinajstić information content (AvgIpc) is 2.99. The molecule has 0 aromatic carbocycles. The third-order valence-corrected chi connectivity index (χ3v) is 4.22. The zero-order chi connectivity index (χ0) is 14.0. The number of hydrogen-bond donors (Lipinski definition) is 2. The van der Waals surface area contributed by atoms with E-state index in [0.29, 0.717) is 18.7 Å². The van der Waals surface area contributed by atoms with Gasteiger partial charge in [0, 0.05) is 24.1 Å². The molecule has 1 fully saturated rings. The van der Waals surface area contributed by atoms with Crippen molar-refractivity contribution >= 4 is 11.8 Å². The molecule has 2 amide bonds. The van der Waals surface area contributed by atoms with Gasteiger partial charge >= 0.3 is 0 Å². The highest BCUT2D eigenvalue weighted by atomic mass is 16.3. The number of furan rings is 1. The maximum atomic E-state index is 12.0. The van der Waals surface area contributed by atoms with E-state index in [9.17, 15) is 9.59 Å². The number of carbonyl (C=O) groups is 2. The molecular formula is C15H18N2O3. The first-order chi connectivity index (χ1) is 9.70. The van der Waals surface area contributed by atoms with E-state index in [1.165, 1.54) is 6.26 Å². The van der Waals surface area contributed by atoms with Crippen molar-refractivity contribution in [1.29, 1.82) is 0 Å². The summed E-state index contributed by atoms with van der Waals surface area (Å²) in [5, 5.41) is 5.90. The summed E-state index contributed by atoms with van der Waals surface area (Å²) >= 11 is 0. The molecule has 1 atom stereocenters. The molecule has 0 spiro atoms. The Hall–Kier alpha value is -2.04. The molecule has 1 unspecified atom stereocenters. The fourth-order valence-electron chi connectivity index (χ4n) is 3.06. The van der Waals surface area contributed by atoms with E-state index in [2.05, 4.69) is 16.7 Å². The fourth-order valence-corrected chi connectivity index (χ4v) is 3.06. The smallest absolute Gasteiger partial charge is 0.287 e. The molecular weight excluding hydrogens is 256 g/mol. The standard InChI is InChI=1S/C15H18N2O3/c18-13-6-8-15(7-2-1-5-12(15)17-13)10-16-14(19)11-4-3-9-20-11/h3-5,9H,1-2,6-8,10H2,(H,16,19)(H,17,18). The molecule has 3 rings (SSSR count). The van der Waals surface area contributed by atoms with Crippen LogP contribution in [0.3, 0.4) is 0 Å². The number of piperidine rings is 1. The normalized spacial score (nSPS) is 25.4. The lowest BCUT2D eigenvalue weighted by atomic mass is 9.70. The minimum atomic E-state index is -0.203. The Kier molecular flexibility index (Phi) is 3.34. The van der Waals surface area contributed by atoms with E-state index >= 15 is 0 Å². The summed E-state index contributed by atoms with van der Waals surface area (Å²) in [6, 6.07) is 3.34. The van der Waals surface area contributed by atoms with Crippen LogP contribution in [0.25, 0.3) is 0 Å². The number of fused-ring (bicyclic) bond motifs is 1. The van der Waals surface area contributed by atoms with Crippen molar-refractivity contribution in [3.05, 3.63) is 35.9 Å². The van der Waals surface area contributed by atoms with Gasteiger partial charge < -0.3 is 15.1 Å². The Bertz CT molecular complexity index is 547. The topological polar surface area (TPSA) is 71.3 Å². The quantitative estimate of drug-likeness (QED) is 0.885. The van der Waals surface area contributed by atoms with Crippen LogP contribution < -0.4 is 10.6 Å². The highest BCUT2D eigenvalue weighted by Gasteiger charge is 2.40. The van der Waals surface area contributed by atoms with Gasteiger partial charge in [0.05, 0.1) is 6.26 Å². The van der Waals surface area contributed by atoms with Gasteiger partial charge in [-0.15, -0.1) is 0 Å². The van der Waals surface area contributed by atoms with Crippen LogP contribution in [0.1, 0.15) is 42.7 Å². The van der Waals surface area contributed by atoms with E-state index in [1.807, 2.05) is 0 Å². The van der Waals surface area contributed by atoms with Gasteiger partial charge in [0.1, 0.15) is 0 Å². The van der Waals surface area contributed by atoms with Crippen LogP contribution in [-0.4, -0.2) is 18.4 Å². The summed E-state index contributed by atoms with van der Waals surface area (Å²) in [5.41, 5.74) is 0.869. The van der Waals surface area contributed by atoms with E-state index < -0.39 is 0 Å². The predicted octanol–water partition coefficient (Wildman–Crippen LogP) is 1.97. The lowest BCUT2D eigenvalue weighted by Crippen LogP contribution is -2.48. The second-order valence-corrected chi connectivity index (χ2v) is 5.50. The zero-order valence-corrected chi connectivity index (χ0v) is 11.3. The van der Waals surface area contributed by atoms with Crippen molar-refractivity contribution in [3.63, 3.8) is 0 Å². The van der Waals surface area contributed by atoms with Crippen molar-refractivity contribution in [3.8, 4) is 0 Å². The van der Waals surface area contributed by atoms with E-state index in [-0.39, 0.29) is 17.2 Å². The van der Waals surface area contributed by atoms with Crippen molar-refractivity contribution < 1.29 is 14.0 Å². The first-order valence-corrected chi connectivity index (χ1v) is 7.02. The van der Waals surface area contributed by atoms with Crippen LogP contribution in [0.5, 0.6) is 0 Å². The zero-order valence-electron chi connectivity index (χ0n) is 11.3. The van der Waals surface area contributed by atoms with Gasteiger partial charge in [-0.3, -0.25) is 9.59 Å². The highest BCUT2D eigenvalue weighted by Crippen LogP contribution is 2.42. The van der Waals surface area contributed by atoms with Gasteiger partial charge in [-0.25, -0.2) is 0 Å². The summed E-state index contributed by atoms with van der Waals surface area (Å²) < 4.78 is 5.09. The summed E-state index contributed by atoms with van der Waals surface area (Å²) in [5.74, 6) is 0.194. The van der Waals surface area contributed by atoms with Crippen molar-refractivity contribution in [2.75, 3.05) is 6.54 Å². The van der Waals surface area contributed by atoms with Gasteiger partial charge in [-0.1, -0.05) is 6.08 Å². The van der Waals surface area contributed by atoms with Gasteiger partial charge in [-0.2, -0.15) is 0 Å². The number of nitrogens with one attached hydrogen (secondary N) is 2. The van der Waals surface area contributed by atoms with E-state index in [4.69, 9.17) is 4.42 Å². The number of amides is 2. The Balaban J connectivity index is 1.71. The van der Waals surface area contributed by atoms with Gasteiger partial charge in [0.2, 0.25) is 5.91 Å². The number of allylic oxidation sites excluding steroid dienone is 1. The van der Waals surface area contributed by atoms with Gasteiger partial charge in [0.15, 0.2) is 5.76 Å². The summed E-state index contributed by atoms with van der Waals surface area (Å²) in [6.45, 7) is 0.540. The van der Waals surface area contributed by atoms with Crippen LogP contribution in [0.2, 0.25) is 0 Å². The monoisotopic (exact) mass is 274 g/mol. The highest BCUT2D eigenvalue weighted by molar-refractivity contribution is 5.91. The molecule has 5 nitrogen and oxygen atoms in total. The van der Waals surface area contributed by atoms with Crippen LogP contribution in [0, 0.1) is 5.41 Å². The SMILES string of the molecule is O=C1CCC2(CNC(=O)c3ccco3)CCCC=C2N1. The summed E-state index contributed by atoms with van der Waals surface area (Å²) in [6.07, 6.45) is 7.98. The second-order valence-electron chi connectivity index (χ2n) is 5.50. The molecule has 0 radical (unpaired) electrons. The molecule has 1 aliphatic heterocycles. The Morgan fingerprint density at radius 3 is 3.15 bits per heavy atom. The number of hydrogen-bond acceptors (Lipinski definition) is 3. The van der Waals surface area contributed by atoms with Crippen LogP contribution in [0.4, 0.5) is 0 Å². The molecule has 2 aliphatic rings. The Morgan fingerprint density at radius 2 is 2.35 bits per heavy atom.